The summed E-state index contributed by atoms with van der Waals surface area (Å²) in [6.45, 7) is 4.27. The average molecular weight is 453 g/mol. The van der Waals surface area contributed by atoms with Gasteiger partial charge in [0.15, 0.2) is 5.17 Å². The molecule has 1 amide bonds. The number of aryl methyl sites for hydroxylation is 2. The summed E-state index contributed by atoms with van der Waals surface area (Å²) < 4.78 is 13.7. The van der Waals surface area contributed by atoms with Crippen molar-refractivity contribution in [3.8, 4) is 0 Å². The van der Waals surface area contributed by atoms with Crippen LogP contribution in [0.15, 0.2) is 60.0 Å². The van der Waals surface area contributed by atoms with Crippen molar-refractivity contribution in [2.75, 3.05) is 11.1 Å². The normalized spacial score (nSPS) is 23.5. The largest absolute Gasteiger partial charge is 0.323 e. The number of carbonyl (C=O) groups excluding carboxylic acids is 1. The molecule has 5 rings (SSSR count). The van der Waals surface area contributed by atoms with E-state index in [9.17, 15) is 9.18 Å². The van der Waals surface area contributed by atoms with Gasteiger partial charge in [-0.2, -0.15) is 5.10 Å². The van der Waals surface area contributed by atoms with Gasteiger partial charge in [-0.3, -0.25) is 10.2 Å². The summed E-state index contributed by atoms with van der Waals surface area (Å²) in [5.74, 6) is -0.577. The van der Waals surface area contributed by atoms with E-state index in [-0.39, 0.29) is 35.6 Å². The van der Waals surface area contributed by atoms with Crippen molar-refractivity contribution < 1.29 is 9.18 Å². The van der Waals surface area contributed by atoms with Crippen molar-refractivity contribution in [3.05, 3.63) is 77.4 Å². The van der Waals surface area contributed by atoms with E-state index < -0.39 is 5.82 Å². The number of para-hydroxylation sites is 1. The molecule has 0 radical (unpaired) electrons. The SMILES string of the molecule is Cc1ccc(C2CC3C4NN=C(SCC(=O)Nc5ccccc5F)N4C=CN3N2)cc1C. The van der Waals surface area contributed by atoms with Crippen LogP contribution in [0.5, 0.6) is 0 Å². The minimum Gasteiger partial charge on any atom is -0.323 e. The number of hydrazine groups is 1. The summed E-state index contributed by atoms with van der Waals surface area (Å²) in [7, 11) is 0. The molecule has 0 spiro atoms. The van der Waals surface area contributed by atoms with Crippen molar-refractivity contribution in [1.82, 2.24) is 20.8 Å². The van der Waals surface area contributed by atoms with Crippen molar-refractivity contribution in [2.45, 2.75) is 38.5 Å². The Morgan fingerprint density at radius 1 is 1.22 bits per heavy atom. The summed E-state index contributed by atoms with van der Waals surface area (Å²) in [5.41, 5.74) is 10.9. The standard InChI is InChI=1S/C23H25FN6OS/c1-14-7-8-16(11-15(14)2)19-12-20-22-26-27-23(29(22)9-10-30(20)28-19)32-13-21(31)25-18-6-4-3-5-17(18)24/h3-11,19-20,22,26,28H,12-13H2,1-2H3,(H,25,31). The minimum atomic E-state index is -0.447. The number of amides is 1. The van der Waals surface area contributed by atoms with Gasteiger partial charge >= 0.3 is 0 Å². The Kier molecular flexibility index (Phi) is 5.52. The Morgan fingerprint density at radius 2 is 2.06 bits per heavy atom. The van der Waals surface area contributed by atoms with Crippen LogP contribution in [0.25, 0.3) is 0 Å². The maximum Gasteiger partial charge on any atom is 0.234 e. The Labute approximate surface area is 190 Å². The highest BCUT2D eigenvalue weighted by molar-refractivity contribution is 8.14. The second-order valence-electron chi connectivity index (χ2n) is 8.23. The van der Waals surface area contributed by atoms with Gasteiger partial charge in [0.25, 0.3) is 0 Å². The van der Waals surface area contributed by atoms with Crippen LogP contribution in [0.3, 0.4) is 0 Å². The second-order valence-corrected chi connectivity index (χ2v) is 9.17. The number of hydrogen-bond acceptors (Lipinski definition) is 7. The molecule has 1 fully saturated rings. The first kappa shape index (κ1) is 20.8. The highest BCUT2D eigenvalue weighted by Crippen LogP contribution is 2.35. The Hall–Kier alpha value is -3.04. The van der Waals surface area contributed by atoms with Crippen LogP contribution in [0, 0.1) is 19.7 Å². The molecule has 9 heteroatoms. The molecule has 0 aliphatic carbocycles. The van der Waals surface area contributed by atoms with Gasteiger partial charge < -0.3 is 15.2 Å². The number of carbonyl (C=O) groups is 1. The maximum absolute atomic E-state index is 13.7. The van der Waals surface area contributed by atoms with E-state index in [0.717, 1.165) is 11.6 Å². The molecule has 3 heterocycles. The summed E-state index contributed by atoms with van der Waals surface area (Å²) in [4.78, 5) is 14.3. The maximum atomic E-state index is 13.7. The Morgan fingerprint density at radius 3 is 2.88 bits per heavy atom. The minimum absolute atomic E-state index is 0.0128. The fourth-order valence-corrected chi connectivity index (χ4v) is 5.00. The third kappa shape index (κ3) is 3.93. The number of benzene rings is 2. The molecular weight excluding hydrogens is 427 g/mol. The number of thioether (sulfide) groups is 1. The van der Waals surface area contributed by atoms with Crippen LogP contribution < -0.4 is 16.2 Å². The molecule has 2 aromatic rings. The van der Waals surface area contributed by atoms with Crippen LogP contribution in [0.1, 0.15) is 29.2 Å². The number of nitrogens with zero attached hydrogens (tertiary/aromatic N) is 3. The zero-order valence-electron chi connectivity index (χ0n) is 17.9. The van der Waals surface area contributed by atoms with Gasteiger partial charge in [-0.05, 0) is 49.1 Å². The summed E-state index contributed by atoms with van der Waals surface area (Å²) in [5, 5.41) is 9.93. The van der Waals surface area contributed by atoms with Gasteiger partial charge in [-0.1, -0.05) is 42.1 Å². The monoisotopic (exact) mass is 452 g/mol. The number of fused-ring (bicyclic) bond motifs is 3. The van der Waals surface area contributed by atoms with E-state index in [1.54, 1.807) is 18.2 Å². The van der Waals surface area contributed by atoms with Crippen LogP contribution in [0.4, 0.5) is 10.1 Å². The topological polar surface area (TPSA) is 72.0 Å². The number of hydrazone groups is 1. The smallest absolute Gasteiger partial charge is 0.234 e. The molecule has 3 atom stereocenters. The van der Waals surface area contributed by atoms with E-state index in [0.29, 0.717) is 0 Å². The van der Waals surface area contributed by atoms with E-state index in [1.165, 1.54) is 34.5 Å². The van der Waals surface area contributed by atoms with Crippen molar-refractivity contribution in [3.63, 3.8) is 0 Å². The first-order valence-corrected chi connectivity index (χ1v) is 11.6. The Bertz CT molecular complexity index is 1110. The molecule has 3 N–H and O–H groups in total. The first-order valence-electron chi connectivity index (χ1n) is 10.6. The van der Waals surface area contributed by atoms with E-state index in [1.807, 2.05) is 12.4 Å². The predicted molar refractivity (Wildman–Crippen MR) is 125 cm³/mol. The first-order chi connectivity index (χ1) is 15.5. The van der Waals surface area contributed by atoms with Gasteiger partial charge in [0.2, 0.25) is 5.91 Å². The predicted octanol–water partition coefficient (Wildman–Crippen LogP) is 3.42. The number of anilines is 1. The molecule has 3 aliphatic heterocycles. The molecule has 1 saturated heterocycles. The van der Waals surface area contributed by atoms with E-state index in [2.05, 4.69) is 63.2 Å². The molecule has 3 unspecified atom stereocenters. The fourth-order valence-electron chi connectivity index (χ4n) is 4.23. The fraction of sp³-hybridized carbons (Fsp3) is 0.304. The molecule has 7 nitrogen and oxygen atoms in total. The number of hydrogen-bond donors (Lipinski definition) is 3. The van der Waals surface area contributed by atoms with Gasteiger partial charge in [0.05, 0.1) is 23.5 Å². The molecule has 0 bridgehead atoms. The molecule has 32 heavy (non-hydrogen) atoms. The zero-order chi connectivity index (χ0) is 22.2. The number of amidine groups is 1. The lowest BCUT2D eigenvalue weighted by Gasteiger charge is -2.36. The molecule has 2 aromatic carbocycles. The summed E-state index contributed by atoms with van der Waals surface area (Å²) >= 11 is 1.33. The van der Waals surface area contributed by atoms with Crippen LogP contribution >= 0.6 is 11.8 Å². The molecule has 0 saturated carbocycles. The summed E-state index contributed by atoms with van der Waals surface area (Å²) in [6, 6.07) is 13.2. The van der Waals surface area contributed by atoms with Gasteiger partial charge in [-0.15, -0.1) is 0 Å². The number of halogens is 1. The third-order valence-corrected chi connectivity index (χ3v) is 7.09. The third-order valence-electron chi connectivity index (χ3n) is 6.12. The zero-order valence-corrected chi connectivity index (χ0v) is 18.7. The lowest BCUT2D eigenvalue weighted by Crippen LogP contribution is -2.54. The highest BCUT2D eigenvalue weighted by atomic mass is 32.2. The van der Waals surface area contributed by atoms with Crippen molar-refractivity contribution >= 4 is 28.5 Å². The molecule has 0 aromatic heterocycles. The lowest BCUT2D eigenvalue weighted by atomic mass is 9.97. The van der Waals surface area contributed by atoms with Gasteiger partial charge in [0.1, 0.15) is 12.0 Å². The second kappa shape index (κ2) is 8.48. The quantitative estimate of drug-likeness (QED) is 0.660. The van der Waals surface area contributed by atoms with E-state index in [4.69, 9.17) is 0 Å². The number of rotatable bonds is 4. The van der Waals surface area contributed by atoms with E-state index >= 15 is 0 Å². The van der Waals surface area contributed by atoms with Crippen molar-refractivity contribution in [2.24, 2.45) is 5.10 Å². The molecule has 166 valence electrons. The summed E-state index contributed by atoms with van der Waals surface area (Å²) in [6.07, 6.45) is 4.91. The molecular formula is C23H25FN6OS. The van der Waals surface area contributed by atoms with Crippen molar-refractivity contribution in [1.29, 1.82) is 0 Å². The lowest BCUT2D eigenvalue weighted by molar-refractivity contribution is -0.113. The van der Waals surface area contributed by atoms with Crippen LogP contribution in [0.2, 0.25) is 0 Å². The van der Waals surface area contributed by atoms with Gasteiger partial charge in [-0.25, -0.2) is 9.82 Å². The highest BCUT2D eigenvalue weighted by Gasteiger charge is 2.44. The van der Waals surface area contributed by atoms with Crippen LogP contribution in [-0.2, 0) is 4.79 Å². The Balaban J connectivity index is 1.20. The van der Waals surface area contributed by atoms with Gasteiger partial charge in [0, 0.05) is 12.4 Å². The average Bonchev–Trinajstić information content (AvgIpc) is 3.39. The molecule has 3 aliphatic rings. The van der Waals surface area contributed by atoms with Crippen LogP contribution in [-0.4, -0.2) is 38.9 Å². The number of nitrogens with one attached hydrogen (secondary N) is 3.